The van der Waals surface area contributed by atoms with Crippen molar-refractivity contribution in [3.8, 4) is 11.5 Å². The molecule has 0 spiro atoms. The van der Waals surface area contributed by atoms with Gasteiger partial charge in [0.05, 0.1) is 20.8 Å². The van der Waals surface area contributed by atoms with Crippen LogP contribution in [0.5, 0.6) is 11.5 Å². The zero-order valence-electron chi connectivity index (χ0n) is 17.4. The Bertz CT molecular complexity index is 758. The molecule has 0 amide bonds. The Kier molecular flexibility index (Phi) is 8.58. The maximum absolute atomic E-state index is 5.35. The van der Waals surface area contributed by atoms with Gasteiger partial charge in [0.25, 0.3) is 0 Å². The van der Waals surface area contributed by atoms with Crippen LogP contribution in [0.3, 0.4) is 0 Å². The highest BCUT2D eigenvalue weighted by Gasteiger charge is 2.09. The van der Waals surface area contributed by atoms with E-state index in [2.05, 4.69) is 25.8 Å². The second-order valence-electron chi connectivity index (χ2n) is 6.58. The molecule has 154 valence electrons. The number of aliphatic imine (C=N–C) groups is 1. The molecule has 2 rings (SSSR count). The van der Waals surface area contributed by atoms with Gasteiger partial charge in [-0.15, -0.1) is 0 Å². The minimum absolute atomic E-state index is 0.261. The van der Waals surface area contributed by atoms with Crippen molar-refractivity contribution in [1.29, 1.82) is 0 Å². The van der Waals surface area contributed by atoms with Gasteiger partial charge in [0.15, 0.2) is 23.3 Å². The summed E-state index contributed by atoms with van der Waals surface area (Å²) in [7, 11) is 3.28. The molecule has 2 N–H and O–H groups in total. The monoisotopic (exact) mass is 389 g/mol. The molecule has 0 saturated heterocycles. The van der Waals surface area contributed by atoms with Gasteiger partial charge in [0.1, 0.15) is 0 Å². The first kappa shape index (κ1) is 21.5. The summed E-state index contributed by atoms with van der Waals surface area (Å²) in [5, 5.41) is 10.6. The maximum atomic E-state index is 5.35. The molecular weight excluding hydrogens is 358 g/mol. The van der Waals surface area contributed by atoms with Gasteiger partial charge < -0.3 is 24.6 Å². The van der Waals surface area contributed by atoms with Crippen molar-refractivity contribution in [3.63, 3.8) is 0 Å². The van der Waals surface area contributed by atoms with E-state index in [1.165, 1.54) is 0 Å². The summed E-state index contributed by atoms with van der Waals surface area (Å²) >= 11 is 0. The van der Waals surface area contributed by atoms with E-state index in [0.29, 0.717) is 18.9 Å². The van der Waals surface area contributed by atoms with Gasteiger partial charge in [0, 0.05) is 25.4 Å². The highest BCUT2D eigenvalue weighted by molar-refractivity contribution is 5.79. The van der Waals surface area contributed by atoms with E-state index in [-0.39, 0.29) is 5.92 Å². The Hall–Kier alpha value is -2.77. The molecule has 0 saturated carbocycles. The summed E-state index contributed by atoms with van der Waals surface area (Å²) in [6.45, 7) is 8.24. The number of rotatable bonds is 10. The third-order valence-corrected chi connectivity index (χ3v) is 4.09. The molecule has 28 heavy (non-hydrogen) atoms. The molecule has 0 unspecified atom stereocenters. The Morgan fingerprint density at radius 3 is 2.57 bits per heavy atom. The minimum Gasteiger partial charge on any atom is -0.493 e. The van der Waals surface area contributed by atoms with Crippen LogP contribution in [-0.2, 0) is 12.8 Å². The molecule has 2 aromatic rings. The molecule has 0 radical (unpaired) electrons. The van der Waals surface area contributed by atoms with Crippen molar-refractivity contribution in [1.82, 2.24) is 20.8 Å². The smallest absolute Gasteiger partial charge is 0.228 e. The third kappa shape index (κ3) is 6.44. The lowest BCUT2D eigenvalue weighted by atomic mass is 10.1. The van der Waals surface area contributed by atoms with Gasteiger partial charge in [0.2, 0.25) is 5.89 Å². The van der Waals surface area contributed by atoms with Crippen LogP contribution in [0.2, 0.25) is 0 Å². The summed E-state index contributed by atoms with van der Waals surface area (Å²) < 4.78 is 15.9. The molecule has 0 atom stereocenters. The quantitative estimate of drug-likeness (QED) is 0.476. The summed E-state index contributed by atoms with van der Waals surface area (Å²) in [4.78, 5) is 8.95. The summed E-state index contributed by atoms with van der Waals surface area (Å²) in [6.07, 6.45) is 1.46. The Balaban J connectivity index is 1.85. The standard InChI is InChI=1S/C20H31N5O3/c1-6-21-20(23-12-10-18-24-19(14(2)3)25-28-18)22-11-9-15-7-8-16(26-4)17(13-15)27-5/h7-8,13-14H,6,9-12H2,1-5H3,(H2,21,22,23). The molecule has 1 heterocycles. The van der Waals surface area contributed by atoms with E-state index in [0.717, 1.165) is 48.4 Å². The Morgan fingerprint density at radius 1 is 1.14 bits per heavy atom. The number of nitrogens with zero attached hydrogens (tertiary/aromatic N) is 3. The van der Waals surface area contributed by atoms with Crippen molar-refractivity contribution in [2.24, 2.45) is 4.99 Å². The van der Waals surface area contributed by atoms with E-state index < -0.39 is 0 Å². The Labute approximate surface area is 166 Å². The van der Waals surface area contributed by atoms with E-state index >= 15 is 0 Å². The molecule has 8 nitrogen and oxygen atoms in total. The van der Waals surface area contributed by atoms with Crippen LogP contribution in [0.25, 0.3) is 0 Å². The molecule has 0 fully saturated rings. The zero-order valence-corrected chi connectivity index (χ0v) is 17.4. The number of hydrogen-bond acceptors (Lipinski definition) is 6. The number of nitrogens with one attached hydrogen (secondary N) is 2. The topological polar surface area (TPSA) is 93.8 Å². The van der Waals surface area contributed by atoms with Crippen LogP contribution in [0.4, 0.5) is 0 Å². The average Bonchev–Trinajstić information content (AvgIpc) is 3.17. The van der Waals surface area contributed by atoms with E-state index in [1.807, 2.05) is 39.0 Å². The molecule has 8 heteroatoms. The number of ether oxygens (including phenoxy) is 2. The summed E-state index contributed by atoms with van der Waals surface area (Å²) in [5.41, 5.74) is 1.16. The molecule has 1 aromatic heterocycles. The second kappa shape index (κ2) is 11.2. The normalized spacial score (nSPS) is 11.6. The van der Waals surface area contributed by atoms with Gasteiger partial charge in [-0.1, -0.05) is 25.1 Å². The Morgan fingerprint density at radius 2 is 1.93 bits per heavy atom. The highest BCUT2D eigenvalue weighted by atomic mass is 16.5. The zero-order chi connectivity index (χ0) is 20.4. The molecule has 0 aliphatic carbocycles. The number of methoxy groups -OCH3 is 2. The number of hydrogen-bond donors (Lipinski definition) is 2. The molecule has 1 aromatic carbocycles. The van der Waals surface area contributed by atoms with Crippen LogP contribution in [-0.4, -0.2) is 50.0 Å². The number of aromatic nitrogens is 2. The molecule has 0 bridgehead atoms. The number of benzene rings is 1. The molecular formula is C20H31N5O3. The lowest BCUT2D eigenvalue weighted by Gasteiger charge is -2.12. The predicted octanol–water partition coefficient (Wildman–Crippen LogP) is 2.55. The fourth-order valence-electron chi connectivity index (χ4n) is 2.57. The SMILES string of the molecule is CCNC(=NCCc1nc(C(C)C)no1)NCCc1ccc(OC)c(OC)c1. The van der Waals surface area contributed by atoms with Crippen LogP contribution in [0.15, 0.2) is 27.7 Å². The lowest BCUT2D eigenvalue weighted by molar-refractivity contribution is 0.354. The van der Waals surface area contributed by atoms with Gasteiger partial charge in [-0.25, -0.2) is 0 Å². The van der Waals surface area contributed by atoms with Gasteiger partial charge >= 0.3 is 0 Å². The van der Waals surface area contributed by atoms with Crippen LogP contribution in [0, 0.1) is 0 Å². The van der Waals surface area contributed by atoms with Crippen molar-refractivity contribution < 1.29 is 14.0 Å². The average molecular weight is 390 g/mol. The van der Waals surface area contributed by atoms with E-state index in [1.54, 1.807) is 14.2 Å². The fourth-order valence-corrected chi connectivity index (χ4v) is 2.57. The molecule has 0 aliphatic heterocycles. The van der Waals surface area contributed by atoms with Crippen LogP contribution in [0.1, 0.15) is 44.0 Å². The first-order chi connectivity index (χ1) is 13.6. The van der Waals surface area contributed by atoms with Crippen molar-refractivity contribution in [2.45, 2.75) is 39.5 Å². The maximum Gasteiger partial charge on any atom is 0.228 e. The van der Waals surface area contributed by atoms with Crippen LogP contribution < -0.4 is 20.1 Å². The molecule has 0 aliphatic rings. The largest absolute Gasteiger partial charge is 0.493 e. The highest BCUT2D eigenvalue weighted by Crippen LogP contribution is 2.27. The second-order valence-corrected chi connectivity index (χ2v) is 6.58. The summed E-state index contributed by atoms with van der Waals surface area (Å²) in [6, 6.07) is 5.95. The fraction of sp³-hybridized carbons (Fsp3) is 0.550. The van der Waals surface area contributed by atoms with Gasteiger partial charge in [-0.3, -0.25) is 4.99 Å². The third-order valence-electron chi connectivity index (χ3n) is 4.09. The first-order valence-electron chi connectivity index (χ1n) is 9.62. The van der Waals surface area contributed by atoms with Gasteiger partial charge in [-0.2, -0.15) is 4.98 Å². The van der Waals surface area contributed by atoms with Crippen molar-refractivity contribution in [3.05, 3.63) is 35.5 Å². The summed E-state index contributed by atoms with van der Waals surface area (Å²) in [5.74, 6) is 3.85. The van der Waals surface area contributed by atoms with Gasteiger partial charge in [-0.05, 0) is 31.0 Å². The lowest BCUT2D eigenvalue weighted by Crippen LogP contribution is -2.38. The van der Waals surface area contributed by atoms with E-state index in [4.69, 9.17) is 14.0 Å². The predicted molar refractivity (Wildman–Crippen MR) is 109 cm³/mol. The van der Waals surface area contributed by atoms with E-state index in [9.17, 15) is 0 Å². The van der Waals surface area contributed by atoms with Crippen LogP contribution >= 0.6 is 0 Å². The minimum atomic E-state index is 0.261. The van der Waals surface area contributed by atoms with Crippen molar-refractivity contribution >= 4 is 5.96 Å². The van der Waals surface area contributed by atoms with Crippen molar-refractivity contribution in [2.75, 3.05) is 33.9 Å². The number of guanidine groups is 1. The first-order valence-corrected chi connectivity index (χ1v) is 9.62.